The zero-order valence-corrected chi connectivity index (χ0v) is 16.0. The summed E-state index contributed by atoms with van der Waals surface area (Å²) in [6, 6.07) is 7.67. The maximum Gasteiger partial charge on any atom is 0.230 e. The van der Waals surface area contributed by atoms with Crippen molar-refractivity contribution in [1.82, 2.24) is 15.5 Å². The largest absolute Gasteiger partial charge is 0.352 e. The summed E-state index contributed by atoms with van der Waals surface area (Å²) in [6.45, 7) is 2.02. The topological polar surface area (TPSA) is 101 Å². The zero-order valence-electron chi connectivity index (χ0n) is 13.6. The number of rotatable bonds is 6. The fourth-order valence-electron chi connectivity index (χ4n) is 2.38. The van der Waals surface area contributed by atoms with Gasteiger partial charge in [0.25, 0.3) is 0 Å². The summed E-state index contributed by atoms with van der Waals surface area (Å²) >= 11 is 2.66. The first kappa shape index (κ1) is 18.2. The van der Waals surface area contributed by atoms with E-state index in [1.54, 1.807) is 0 Å². The number of sulfone groups is 1. The number of aromatic nitrogens is 2. The molecular formula is C15H18N4O3S3. The normalized spacial score (nSPS) is 18.8. The van der Waals surface area contributed by atoms with Gasteiger partial charge in [-0.05, 0) is 25.5 Å². The molecule has 1 amide bonds. The lowest BCUT2D eigenvalue weighted by atomic mass is 10.2. The van der Waals surface area contributed by atoms with E-state index >= 15 is 0 Å². The summed E-state index contributed by atoms with van der Waals surface area (Å²) in [5, 5.41) is 14.7. The van der Waals surface area contributed by atoms with E-state index in [9.17, 15) is 13.2 Å². The van der Waals surface area contributed by atoms with Gasteiger partial charge < -0.3 is 10.6 Å². The first-order valence-electron chi connectivity index (χ1n) is 7.69. The Kier molecular flexibility index (Phi) is 5.60. The molecule has 2 heterocycles. The van der Waals surface area contributed by atoms with Crippen LogP contribution in [0.15, 0.2) is 28.6 Å². The molecule has 10 heteroatoms. The minimum absolute atomic E-state index is 0.0346. The van der Waals surface area contributed by atoms with Crippen LogP contribution in [0.5, 0.6) is 0 Å². The van der Waals surface area contributed by atoms with Crippen molar-refractivity contribution in [2.75, 3.05) is 22.6 Å². The van der Waals surface area contributed by atoms with Gasteiger partial charge in [-0.25, -0.2) is 8.42 Å². The number of aryl methyl sites for hydroxylation is 1. The zero-order chi connectivity index (χ0) is 17.9. The minimum Gasteiger partial charge on any atom is -0.352 e. The smallest absolute Gasteiger partial charge is 0.230 e. The lowest BCUT2D eigenvalue weighted by Gasteiger charge is -2.09. The van der Waals surface area contributed by atoms with E-state index in [4.69, 9.17) is 0 Å². The molecule has 0 saturated carbocycles. The summed E-state index contributed by atoms with van der Waals surface area (Å²) in [4.78, 5) is 11.9. The average molecular weight is 399 g/mol. The third kappa shape index (κ3) is 5.41. The first-order valence-corrected chi connectivity index (χ1v) is 11.3. The number of amides is 1. The minimum atomic E-state index is -2.99. The Bertz CT molecular complexity index is 849. The molecule has 25 heavy (non-hydrogen) atoms. The number of carbonyl (C=O) groups is 1. The predicted molar refractivity (Wildman–Crippen MR) is 100 cm³/mol. The molecule has 1 saturated heterocycles. The highest BCUT2D eigenvalue weighted by molar-refractivity contribution is 8.01. The number of anilines is 2. The van der Waals surface area contributed by atoms with Crippen molar-refractivity contribution < 1.29 is 13.2 Å². The Morgan fingerprint density at radius 1 is 1.32 bits per heavy atom. The van der Waals surface area contributed by atoms with Crippen molar-refractivity contribution in [1.29, 1.82) is 0 Å². The summed E-state index contributed by atoms with van der Waals surface area (Å²) in [5.41, 5.74) is 2.11. The molecule has 1 unspecified atom stereocenters. The van der Waals surface area contributed by atoms with E-state index in [-0.39, 0.29) is 29.2 Å². The molecule has 7 nitrogen and oxygen atoms in total. The van der Waals surface area contributed by atoms with E-state index in [0.717, 1.165) is 5.69 Å². The van der Waals surface area contributed by atoms with Crippen LogP contribution >= 0.6 is 23.1 Å². The number of benzene rings is 1. The fourth-order valence-corrected chi connectivity index (χ4v) is 5.64. The van der Waals surface area contributed by atoms with Crippen LogP contribution in [0.1, 0.15) is 12.0 Å². The summed E-state index contributed by atoms with van der Waals surface area (Å²) in [7, 11) is -2.99. The summed E-state index contributed by atoms with van der Waals surface area (Å²) in [6.07, 6.45) is 0.488. The molecule has 1 fully saturated rings. The van der Waals surface area contributed by atoms with Crippen LogP contribution in [0.25, 0.3) is 0 Å². The number of hydrogen-bond acceptors (Lipinski definition) is 8. The van der Waals surface area contributed by atoms with Crippen molar-refractivity contribution >= 4 is 49.7 Å². The third-order valence-electron chi connectivity index (χ3n) is 3.63. The van der Waals surface area contributed by atoms with Crippen molar-refractivity contribution in [3.63, 3.8) is 0 Å². The molecule has 1 aromatic heterocycles. The molecule has 0 bridgehead atoms. The molecule has 1 aliphatic rings. The Morgan fingerprint density at radius 2 is 2.08 bits per heavy atom. The van der Waals surface area contributed by atoms with Gasteiger partial charge >= 0.3 is 0 Å². The second-order valence-electron chi connectivity index (χ2n) is 5.82. The Balaban J connectivity index is 1.46. The highest BCUT2D eigenvalue weighted by atomic mass is 32.2. The summed E-state index contributed by atoms with van der Waals surface area (Å²) in [5.74, 6) is 0.188. The Hall–Kier alpha value is -1.65. The van der Waals surface area contributed by atoms with Gasteiger partial charge in [0, 0.05) is 11.7 Å². The van der Waals surface area contributed by atoms with Crippen LogP contribution in [-0.4, -0.2) is 47.8 Å². The number of hydrogen-bond donors (Lipinski definition) is 2. The van der Waals surface area contributed by atoms with Crippen LogP contribution < -0.4 is 10.6 Å². The quantitative estimate of drug-likeness (QED) is 0.718. The molecule has 134 valence electrons. The van der Waals surface area contributed by atoms with Crippen molar-refractivity contribution in [3.05, 3.63) is 29.8 Å². The number of nitrogens with one attached hydrogen (secondary N) is 2. The molecule has 2 aromatic rings. The molecule has 1 aliphatic heterocycles. The van der Waals surface area contributed by atoms with Crippen molar-refractivity contribution in [2.45, 2.75) is 23.7 Å². The maximum absolute atomic E-state index is 11.9. The fraction of sp³-hybridized carbons (Fsp3) is 0.400. The third-order valence-corrected chi connectivity index (χ3v) is 7.37. The second kappa shape index (κ2) is 7.71. The van der Waals surface area contributed by atoms with Gasteiger partial charge in [-0.3, -0.25) is 4.79 Å². The van der Waals surface area contributed by atoms with Gasteiger partial charge in [0.1, 0.15) is 0 Å². The van der Waals surface area contributed by atoms with Gasteiger partial charge in [-0.2, -0.15) is 0 Å². The van der Waals surface area contributed by atoms with E-state index in [0.29, 0.717) is 15.9 Å². The molecule has 1 aromatic carbocycles. The van der Waals surface area contributed by atoms with Crippen molar-refractivity contribution in [2.24, 2.45) is 0 Å². The molecule has 3 rings (SSSR count). The summed E-state index contributed by atoms with van der Waals surface area (Å²) < 4.78 is 23.5. The number of thioether (sulfide) groups is 1. The number of nitrogens with zero attached hydrogens (tertiary/aromatic N) is 2. The predicted octanol–water partition coefficient (Wildman–Crippen LogP) is 1.99. The average Bonchev–Trinajstić information content (AvgIpc) is 3.14. The molecular weight excluding hydrogens is 380 g/mol. The van der Waals surface area contributed by atoms with Gasteiger partial charge in [-0.1, -0.05) is 40.8 Å². The highest BCUT2D eigenvalue weighted by Gasteiger charge is 2.28. The lowest BCUT2D eigenvalue weighted by molar-refractivity contribution is -0.119. The number of carbonyl (C=O) groups excluding carboxylic acids is 1. The van der Waals surface area contributed by atoms with E-state index in [2.05, 4.69) is 20.8 Å². The van der Waals surface area contributed by atoms with Crippen molar-refractivity contribution in [3.8, 4) is 0 Å². The lowest BCUT2D eigenvalue weighted by Crippen LogP contribution is -2.36. The van der Waals surface area contributed by atoms with Crippen LogP contribution in [0.2, 0.25) is 0 Å². The van der Waals surface area contributed by atoms with Crippen LogP contribution in [0.4, 0.5) is 10.8 Å². The second-order valence-corrected chi connectivity index (χ2v) is 10.2. The first-order chi connectivity index (χ1) is 11.9. The van der Waals surface area contributed by atoms with E-state index in [1.807, 2.05) is 31.2 Å². The van der Waals surface area contributed by atoms with Gasteiger partial charge in [0.15, 0.2) is 14.2 Å². The molecule has 0 aliphatic carbocycles. The molecule has 0 spiro atoms. The maximum atomic E-state index is 11.9. The molecule has 0 radical (unpaired) electrons. The highest BCUT2D eigenvalue weighted by Crippen LogP contribution is 2.27. The van der Waals surface area contributed by atoms with Gasteiger partial charge in [-0.15, -0.1) is 10.2 Å². The van der Waals surface area contributed by atoms with Gasteiger partial charge in [0.05, 0.1) is 17.3 Å². The van der Waals surface area contributed by atoms with Gasteiger partial charge in [0.2, 0.25) is 11.0 Å². The monoisotopic (exact) mass is 398 g/mol. The molecule has 1 atom stereocenters. The van der Waals surface area contributed by atoms with E-state index in [1.165, 1.54) is 28.7 Å². The molecule has 2 N–H and O–H groups in total. The standard InChI is InChI=1S/C15H18N4O3S3/c1-10-2-4-11(5-3-10)17-14-18-19-15(24-14)23-8-13(20)16-12-6-7-25(21,22)9-12/h2-5,12H,6-9H2,1H3,(H,16,20)(H,17,18). The van der Waals surface area contributed by atoms with Crippen LogP contribution in [0, 0.1) is 6.92 Å². The Labute approximate surface area is 154 Å². The van der Waals surface area contributed by atoms with Crippen LogP contribution in [0.3, 0.4) is 0 Å². The van der Waals surface area contributed by atoms with E-state index < -0.39 is 9.84 Å². The Morgan fingerprint density at radius 3 is 2.76 bits per heavy atom. The SMILES string of the molecule is Cc1ccc(Nc2nnc(SCC(=O)NC3CCS(=O)(=O)C3)s2)cc1. The van der Waals surface area contributed by atoms with Crippen LogP contribution in [-0.2, 0) is 14.6 Å².